The molecule has 0 spiro atoms. The lowest BCUT2D eigenvalue weighted by Gasteiger charge is -2.14. The number of aromatic nitrogens is 2. The number of anilines is 1. The van der Waals surface area contributed by atoms with Crippen LogP contribution in [0.25, 0.3) is 11.0 Å². The van der Waals surface area contributed by atoms with Crippen molar-refractivity contribution in [2.24, 2.45) is 0 Å². The zero-order valence-corrected chi connectivity index (χ0v) is 16.1. The molecule has 2 aromatic heterocycles. The van der Waals surface area contributed by atoms with Crippen LogP contribution in [-0.4, -0.2) is 47.4 Å². The first kappa shape index (κ1) is 19.3. The highest BCUT2D eigenvalue weighted by molar-refractivity contribution is 6.05. The number of hydrogen-bond donors (Lipinski definition) is 1. The van der Waals surface area contributed by atoms with Crippen molar-refractivity contribution in [1.82, 2.24) is 14.9 Å². The molecule has 0 radical (unpaired) electrons. The van der Waals surface area contributed by atoms with Crippen molar-refractivity contribution in [3.8, 4) is 5.88 Å². The third-order valence-electron chi connectivity index (χ3n) is 4.25. The van der Waals surface area contributed by atoms with Gasteiger partial charge in [-0.2, -0.15) is 0 Å². The van der Waals surface area contributed by atoms with E-state index in [0.29, 0.717) is 17.8 Å². The van der Waals surface area contributed by atoms with Gasteiger partial charge in [-0.05, 0) is 30.7 Å². The molecule has 3 aromatic rings. The van der Waals surface area contributed by atoms with Gasteiger partial charge in [-0.1, -0.05) is 13.3 Å². The predicted octanol–water partition coefficient (Wildman–Crippen LogP) is 3.36. The summed E-state index contributed by atoms with van der Waals surface area (Å²) in [5.74, 6) is -0.192. The molecule has 3 rings (SSSR count). The normalized spacial score (nSPS) is 10.7. The Morgan fingerprint density at radius 2 is 2.00 bits per heavy atom. The third kappa shape index (κ3) is 4.11. The van der Waals surface area contributed by atoms with Crippen LogP contribution >= 0.6 is 0 Å². The number of ether oxygens (including phenoxy) is 1. The summed E-state index contributed by atoms with van der Waals surface area (Å²) in [5.41, 5.74) is 1.21. The molecular formula is C20H22N4O4. The summed E-state index contributed by atoms with van der Waals surface area (Å²) >= 11 is 0. The van der Waals surface area contributed by atoms with Crippen LogP contribution < -0.4 is 10.1 Å². The average Bonchev–Trinajstić information content (AvgIpc) is 3.14. The van der Waals surface area contributed by atoms with Crippen molar-refractivity contribution in [3.63, 3.8) is 0 Å². The molecule has 0 bridgehead atoms. The number of unbranched alkanes of at least 4 members (excludes halogenated alkanes) is 1. The number of methoxy groups -OCH3 is 1. The highest BCUT2D eigenvalue weighted by atomic mass is 16.5. The lowest BCUT2D eigenvalue weighted by Crippen LogP contribution is -2.27. The van der Waals surface area contributed by atoms with Crippen LogP contribution in [-0.2, 0) is 0 Å². The number of nitrogens with one attached hydrogen (secondary N) is 1. The maximum absolute atomic E-state index is 12.5. The van der Waals surface area contributed by atoms with Gasteiger partial charge in [0, 0.05) is 37.1 Å². The quantitative estimate of drug-likeness (QED) is 0.673. The zero-order valence-electron chi connectivity index (χ0n) is 16.1. The van der Waals surface area contributed by atoms with Gasteiger partial charge in [0.05, 0.1) is 7.11 Å². The second-order valence-electron chi connectivity index (χ2n) is 6.31. The van der Waals surface area contributed by atoms with Gasteiger partial charge in [0.1, 0.15) is 5.58 Å². The number of furan rings is 1. The standard InChI is InChI=1S/C20H22N4O4/c1-4-5-10-24(2)20(26)16-12-13-11-14(6-7-15(13)28-16)23-18(25)17-19(27-3)22-9-8-21-17/h6-9,11-12H,4-5,10H2,1-3H3,(H,23,25). The largest absolute Gasteiger partial charge is 0.479 e. The summed E-state index contributed by atoms with van der Waals surface area (Å²) in [4.78, 5) is 34.5. The van der Waals surface area contributed by atoms with Crippen LogP contribution in [0.2, 0.25) is 0 Å². The number of hydrogen-bond acceptors (Lipinski definition) is 6. The molecule has 0 saturated heterocycles. The van der Waals surface area contributed by atoms with Crippen LogP contribution in [0.1, 0.15) is 40.8 Å². The predicted molar refractivity (Wildman–Crippen MR) is 105 cm³/mol. The number of benzene rings is 1. The Morgan fingerprint density at radius 3 is 2.75 bits per heavy atom. The molecule has 1 aromatic carbocycles. The fraction of sp³-hybridized carbons (Fsp3) is 0.300. The van der Waals surface area contributed by atoms with E-state index in [1.54, 1.807) is 36.2 Å². The monoisotopic (exact) mass is 382 g/mol. The molecule has 0 aliphatic rings. The van der Waals surface area contributed by atoms with Gasteiger partial charge in [-0.25, -0.2) is 9.97 Å². The molecule has 0 aliphatic heterocycles. The summed E-state index contributed by atoms with van der Waals surface area (Å²) < 4.78 is 10.7. The van der Waals surface area contributed by atoms with Crippen molar-refractivity contribution in [2.75, 3.05) is 26.0 Å². The Labute approximate surface area is 162 Å². The Balaban J connectivity index is 1.79. The van der Waals surface area contributed by atoms with E-state index in [-0.39, 0.29) is 23.2 Å². The molecular weight excluding hydrogens is 360 g/mol. The minimum absolute atomic E-state index is 0.0886. The van der Waals surface area contributed by atoms with E-state index in [2.05, 4.69) is 22.2 Å². The van der Waals surface area contributed by atoms with Crippen LogP contribution in [0.15, 0.2) is 41.1 Å². The van der Waals surface area contributed by atoms with Crippen LogP contribution in [0.5, 0.6) is 5.88 Å². The van der Waals surface area contributed by atoms with Gasteiger partial charge < -0.3 is 19.4 Å². The molecule has 146 valence electrons. The molecule has 0 fully saturated rings. The van der Waals surface area contributed by atoms with Crippen molar-refractivity contribution >= 4 is 28.5 Å². The van der Waals surface area contributed by atoms with Crippen molar-refractivity contribution in [2.45, 2.75) is 19.8 Å². The first-order chi connectivity index (χ1) is 13.5. The highest BCUT2D eigenvalue weighted by Crippen LogP contribution is 2.24. The Bertz CT molecular complexity index is 999. The Kier molecular flexibility index (Phi) is 5.88. The molecule has 0 atom stereocenters. The molecule has 8 heteroatoms. The lowest BCUT2D eigenvalue weighted by atomic mass is 10.2. The minimum atomic E-state index is -0.441. The van der Waals surface area contributed by atoms with Crippen LogP contribution in [0.3, 0.4) is 0 Å². The molecule has 0 aliphatic carbocycles. The Morgan fingerprint density at radius 1 is 1.21 bits per heavy atom. The molecule has 2 heterocycles. The second-order valence-corrected chi connectivity index (χ2v) is 6.31. The summed E-state index contributed by atoms with van der Waals surface area (Å²) in [5, 5.41) is 3.47. The van der Waals surface area contributed by atoms with Crippen LogP contribution in [0.4, 0.5) is 5.69 Å². The smallest absolute Gasteiger partial charge is 0.289 e. The summed E-state index contributed by atoms with van der Waals surface area (Å²) in [6, 6.07) is 6.82. The fourth-order valence-corrected chi connectivity index (χ4v) is 2.73. The molecule has 0 unspecified atom stereocenters. The van der Waals surface area contributed by atoms with Crippen LogP contribution in [0, 0.1) is 0 Å². The third-order valence-corrected chi connectivity index (χ3v) is 4.25. The molecule has 8 nitrogen and oxygen atoms in total. The van der Waals surface area contributed by atoms with E-state index < -0.39 is 5.91 Å². The zero-order chi connectivity index (χ0) is 20.1. The van der Waals surface area contributed by atoms with E-state index in [9.17, 15) is 9.59 Å². The van der Waals surface area contributed by atoms with Crippen molar-refractivity contribution in [3.05, 3.63) is 48.1 Å². The maximum Gasteiger partial charge on any atom is 0.289 e. The maximum atomic E-state index is 12.5. The highest BCUT2D eigenvalue weighted by Gasteiger charge is 2.18. The first-order valence-electron chi connectivity index (χ1n) is 8.99. The van der Waals surface area contributed by atoms with Crippen molar-refractivity contribution < 1.29 is 18.7 Å². The summed E-state index contributed by atoms with van der Waals surface area (Å²) in [6.07, 6.45) is 4.81. The number of fused-ring (bicyclic) bond motifs is 1. The topological polar surface area (TPSA) is 97.6 Å². The first-order valence-corrected chi connectivity index (χ1v) is 8.99. The van der Waals surface area contributed by atoms with Gasteiger partial charge in [0.25, 0.3) is 11.8 Å². The van der Waals surface area contributed by atoms with E-state index in [1.165, 1.54) is 19.5 Å². The lowest BCUT2D eigenvalue weighted by molar-refractivity contribution is 0.0764. The Hall–Kier alpha value is -3.42. The average molecular weight is 382 g/mol. The summed E-state index contributed by atoms with van der Waals surface area (Å²) in [7, 11) is 3.18. The number of carbonyl (C=O) groups is 2. The summed E-state index contributed by atoms with van der Waals surface area (Å²) in [6.45, 7) is 2.75. The molecule has 2 amide bonds. The van der Waals surface area contributed by atoms with Crippen molar-refractivity contribution in [1.29, 1.82) is 0 Å². The van der Waals surface area contributed by atoms with E-state index in [4.69, 9.17) is 9.15 Å². The molecule has 0 saturated carbocycles. The van der Waals surface area contributed by atoms with E-state index >= 15 is 0 Å². The molecule has 1 N–H and O–H groups in total. The number of amides is 2. The van der Waals surface area contributed by atoms with E-state index in [0.717, 1.165) is 18.2 Å². The molecule has 28 heavy (non-hydrogen) atoms. The minimum Gasteiger partial charge on any atom is -0.479 e. The number of carbonyl (C=O) groups excluding carboxylic acids is 2. The van der Waals surface area contributed by atoms with E-state index in [1.807, 2.05) is 0 Å². The van der Waals surface area contributed by atoms with Gasteiger partial charge in [-0.15, -0.1) is 0 Å². The van der Waals surface area contributed by atoms with Gasteiger partial charge in [0.2, 0.25) is 5.88 Å². The number of rotatable bonds is 7. The van der Waals surface area contributed by atoms with Gasteiger partial charge in [-0.3, -0.25) is 9.59 Å². The number of nitrogens with zero attached hydrogens (tertiary/aromatic N) is 3. The fourth-order valence-electron chi connectivity index (χ4n) is 2.73. The SMILES string of the molecule is CCCCN(C)C(=O)c1cc2cc(NC(=O)c3nccnc3OC)ccc2o1. The van der Waals surface area contributed by atoms with Gasteiger partial charge >= 0.3 is 0 Å². The second kappa shape index (κ2) is 8.51. The van der Waals surface area contributed by atoms with Gasteiger partial charge in [0.15, 0.2) is 11.5 Å².